The van der Waals surface area contributed by atoms with Crippen molar-refractivity contribution in [3.8, 4) is 0 Å². The molecule has 1 aromatic carbocycles. The molecule has 6 heteroatoms. The lowest BCUT2D eigenvalue weighted by molar-refractivity contribution is 0.0929. The van der Waals surface area contributed by atoms with Gasteiger partial charge in [0.1, 0.15) is 0 Å². The fourth-order valence-electron chi connectivity index (χ4n) is 1.81. The molecule has 1 N–H and O–H groups in total. The lowest BCUT2D eigenvalue weighted by Crippen LogP contribution is -2.24. The molecule has 110 valence electrons. The molecule has 0 radical (unpaired) electrons. The Morgan fingerprint density at radius 2 is 1.95 bits per heavy atom. The molecule has 1 heterocycles. The molecule has 21 heavy (non-hydrogen) atoms. The fraction of sp³-hybridized carbons (Fsp3) is 0.133. The first-order valence-corrected chi connectivity index (χ1v) is 7.93. The highest BCUT2D eigenvalue weighted by molar-refractivity contribution is 7.90. The van der Waals surface area contributed by atoms with E-state index in [2.05, 4.69) is 11.9 Å². The Bertz CT molecular complexity index is 732. The van der Waals surface area contributed by atoms with E-state index in [0.29, 0.717) is 5.56 Å². The van der Waals surface area contributed by atoms with Crippen LogP contribution in [0.15, 0.2) is 64.6 Å². The monoisotopic (exact) mass is 305 g/mol. The van der Waals surface area contributed by atoms with Gasteiger partial charge < -0.3 is 9.73 Å². The first kappa shape index (κ1) is 15.1. The molecule has 0 aliphatic rings. The van der Waals surface area contributed by atoms with E-state index in [1.165, 1.54) is 30.5 Å². The first-order valence-electron chi connectivity index (χ1n) is 6.28. The van der Waals surface area contributed by atoms with Crippen molar-refractivity contribution in [3.05, 3.63) is 66.6 Å². The molecule has 2 aromatic rings. The van der Waals surface area contributed by atoms with Gasteiger partial charge in [-0.15, -0.1) is 6.58 Å². The molecule has 0 fully saturated rings. The zero-order chi connectivity index (χ0) is 15.3. The van der Waals surface area contributed by atoms with Crippen LogP contribution in [0.1, 0.15) is 16.1 Å². The number of nitrogens with one attached hydrogen (secondary N) is 1. The zero-order valence-corrected chi connectivity index (χ0v) is 12.1. The molecule has 1 aromatic heterocycles. The molecule has 0 atom stereocenters. The van der Waals surface area contributed by atoms with Crippen molar-refractivity contribution in [1.29, 1.82) is 0 Å². The Hall–Kier alpha value is -2.34. The number of carbonyl (C=O) groups excluding carboxylic acids is 1. The SMILES string of the molecule is C=CCNC(=O)c1occc1CS(=O)(=O)c1ccccc1. The molecule has 0 spiro atoms. The summed E-state index contributed by atoms with van der Waals surface area (Å²) < 4.78 is 29.7. The van der Waals surface area contributed by atoms with Gasteiger partial charge in [-0.05, 0) is 18.2 Å². The van der Waals surface area contributed by atoms with Gasteiger partial charge in [-0.1, -0.05) is 24.3 Å². The lowest BCUT2D eigenvalue weighted by atomic mass is 10.2. The summed E-state index contributed by atoms with van der Waals surface area (Å²) in [5.41, 5.74) is 0.334. The quantitative estimate of drug-likeness (QED) is 0.830. The fourth-order valence-corrected chi connectivity index (χ4v) is 3.18. The summed E-state index contributed by atoms with van der Waals surface area (Å²) in [5, 5.41) is 2.56. The van der Waals surface area contributed by atoms with Gasteiger partial charge in [0, 0.05) is 12.1 Å². The number of hydrogen-bond acceptors (Lipinski definition) is 4. The molecule has 0 bridgehead atoms. The second kappa shape index (κ2) is 6.41. The van der Waals surface area contributed by atoms with Crippen LogP contribution in [-0.4, -0.2) is 20.9 Å². The van der Waals surface area contributed by atoms with E-state index in [0.717, 1.165) is 0 Å². The maximum atomic E-state index is 12.3. The van der Waals surface area contributed by atoms with Crippen molar-refractivity contribution in [1.82, 2.24) is 5.32 Å². The maximum Gasteiger partial charge on any atom is 0.287 e. The first-order chi connectivity index (χ1) is 10.0. The van der Waals surface area contributed by atoms with E-state index in [1.807, 2.05) is 0 Å². The molecule has 2 rings (SSSR count). The minimum absolute atomic E-state index is 0.0105. The number of carbonyl (C=O) groups is 1. The highest BCUT2D eigenvalue weighted by Gasteiger charge is 2.21. The van der Waals surface area contributed by atoms with Crippen LogP contribution in [0.2, 0.25) is 0 Å². The number of amides is 1. The van der Waals surface area contributed by atoms with Gasteiger partial charge in [-0.25, -0.2) is 8.42 Å². The van der Waals surface area contributed by atoms with E-state index in [1.54, 1.807) is 18.2 Å². The Kier molecular flexibility index (Phi) is 4.59. The minimum atomic E-state index is -3.52. The van der Waals surface area contributed by atoms with E-state index in [9.17, 15) is 13.2 Å². The topological polar surface area (TPSA) is 76.4 Å². The summed E-state index contributed by atoms with van der Waals surface area (Å²) in [6.45, 7) is 3.78. The molecule has 0 saturated heterocycles. The van der Waals surface area contributed by atoms with Crippen molar-refractivity contribution in [2.24, 2.45) is 0 Å². The van der Waals surface area contributed by atoms with Crippen LogP contribution in [-0.2, 0) is 15.6 Å². The van der Waals surface area contributed by atoms with Gasteiger partial charge in [0.05, 0.1) is 16.9 Å². The minimum Gasteiger partial charge on any atom is -0.459 e. The molecule has 5 nitrogen and oxygen atoms in total. The maximum absolute atomic E-state index is 12.3. The van der Waals surface area contributed by atoms with Gasteiger partial charge in [-0.2, -0.15) is 0 Å². The number of hydrogen-bond donors (Lipinski definition) is 1. The van der Waals surface area contributed by atoms with Crippen LogP contribution in [0.25, 0.3) is 0 Å². The van der Waals surface area contributed by atoms with Crippen LogP contribution < -0.4 is 5.32 Å². The average Bonchev–Trinajstić information content (AvgIpc) is 2.93. The third-order valence-electron chi connectivity index (χ3n) is 2.81. The number of rotatable bonds is 6. The van der Waals surface area contributed by atoms with Gasteiger partial charge >= 0.3 is 0 Å². The third kappa shape index (κ3) is 3.61. The van der Waals surface area contributed by atoms with Crippen LogP contribution in [0.4, 0.5) is 0 Å². The standard InChI is InChI=1S/C15H15NO4S/c1-2-9-16-15(17)14-12(8-10-20-14)11-21(18,19)13-6-4-3-5-7-13/h2-8,10H,1,9,11H2,(H,16,17). The second-order valence-corrected chi connectivity index (χ2v) is 6.34. The van der Waals surface area contributed by atoms with Crippen molar-refractivity contribution < 1.29 is 17.6 Å². The van der Waals surface area contributed by atoms with Crippen molar-refractivity contribution in [3.63, 3.8) is 0 Å². The Labute approximate surface area is 123 Å². The Morgan fingerprint density at radius 1 is 1.24 bits per heavy atom. The average molecular weight is 305 g/mol. The second-order valence-electron chi connectivity index (χ2n) is 4.35. The molecule has 0 aliphatic carbocycles. The van der Waals surface area contributed by atoms with Gasteiger partial charge in [0.15, 0.2) is 15.6 Å². The number of furan rings is 1. The number of sulfone groups is 1. The highest BCUT2D eigenvalue weighted by atomic mass is 32.2. The summed E-state index contributed by atoms with van der Waals surface area (Å²) in [7, 11) is -3.52. The Morgan fingerprint density at radius 3 is 2.62 bits per heavy atom. The summed E-state index contributed by atoms with van der Waals surface area (Å²) >= 11 is 0. The van der Waals surface area contributed by atoms with Gasteiger partial charge in [0.25, 0.3) is 5.91 Å². The summed E-state index contributed by atoms with van der Waals surface area (Å²) in [6.07, 6.45) is 2.83. The van der Waals surface area contributed by atoms with Crippen molar-refractivity contribution >= 4 is 15.7 Å². The van der Waals surface area contributed by atoms with Crippen LogP contribution >= 0.6 is 0 Å². The normalized spacial score (nSPS) is 11.0. The molecule has 0 unspecified atom stereocenters. The molecule has 0 saturated carbocycles. The van der Waals surface area contributed by atoms with Gasteiger partial charge in [-0.3, -0.25) is 4.79 Å². The van der Waals surface area contributed by atoms with Crippen LogP contribution in [0.3, 0.4) is 0 Å². The van der Waals surface area contributed by atoms with E-state index in [-0.39, 0.29) is 23.0 Å². The van der Waals surface area contributed by atoms with E-state index < -0.39 is 15.7 Å². The number of benzene rings is 1. The molecule has 1 amide bonds. The van der Waals surface area contributed by atoms with Crippen molar-refractivity contribution in [2.45, 2.75) is 10.6 Å². The summed E-state index contributed by atoms with van der Waals surface area (Å²) in [4.78, 5) is 12.1. The largest absolute Gasteiger partial charge is 0.459 e. The predicted octanol–water partition coefficient (Wildman–Crippen LogP) is 2.17. The molecule has 0 aliphatic heterocycles. The summed E-state index contributed by atoms with van der Waals surface area (Å²) in [6, 6.07) is 9.58. The molecular weight excluding hydrogens is 290 g/mol. The predicted molar refractivity (Wildman–Crippen MR) is 78.6 cm³/mol. The van der Waals surface area contributed by atoms with Crippen molar-refractivity contribution in [2.75, 3.05) is 6.54 Å². The molecular formula is C15H15NO4S. The van der Waals surface area contributed by atoms with Crippen LogP contribution in [0, 0.1) is 0 Å². The van der Waals surface area contributed by atoms with Crippen LogP contribution in [0.5, 0.6) is 0 Å². The highest BCUT2D eigenvalue weighted by Crippen LogP contribution is 2.19. The third-order valence-corrected chi connectivity index (χ3v) is 4.49. The summed E-state index contributed by atoms with van der Waals surface area (Å²) in [5.74, 6) is -0.737. The zero-order valence-electron chi connectivity index (χ0n) is 11.3. The smallest absolute Gasteiger partial charge is 0.287 e. The Balaban J connectivity index is 2.23. The van der Waals surface area contributed by atoms with E-state index >= 15 is 0 Å². The van der Waals surface area contributed by atoms with E-state index in [4.69, 9.17) is 4.42 Å². The van der Waals surface area contributed by atoms with Gasteiger partial charge in [0.2, 0.25) is 0 Å². The lowest BCUT2D eigenvalue weighted by Gasteiger charge is -2.05.